The molecule has 2 heterocycles. The first kappa shape index (κ1) is 15.8. The smallest absolute Gasteiger partial charge is 0.241 e. The van der Waals surface area contributed by atoms with Gasteiger partial charge in [0.15, 0.2) is 0 Å². The molecule has 1 unspecified atom stereocenters. The second kappa shape index (κ2) is 7.00. The van der Waals surface area contributed by atoms with E-state index in [1.165, 1.54) is 0 Å². The molecule has 0 spiro atoms. The molecule has 3 rings (SSSR count). The van der Waals surface area contributed by atoms with Crippen LogP contribution in [0, 0.1) is 0 Å². The zero-order chi connectivity index (χ0) is 16.2. The molecule has 2 fully saturated rings. The molecular weight excluding hydrogens is 294 g/mol. The molecule has 0 radical (unpaired) electrons. The van der Waals surface area contributed by atoms with E-state index in [0.29, 0.717) is 24.4 Å². The molecule has 2 saturated heterocycles. The first-order valence-corrected chi connectivity index (χ1v) is 8.21. The van der Waals surface area contributed by atoms with Gasteiger partial charge in [0.25, 0.3) is 0 Å². The summed E-state index contributed by atoms with van der Waals surface area (Å²) in [6.45, 7) is 1.57. The van der Waals surface area contributed by atoms with Gasteiger partial charge in [-0.3, -0.25) is 9.59 Å². The van der Waals surface area contributed by atoms with Gasteiger partial charge in [0.2, 0.25) is 11.8 Å². The average Bonchev–Trinajstić information content (AvgIpc) is 3.01. The van der Waals surface area contributed by atoms with Crippen LogP contribution >= 0.6 is 0 Å². The molecule has 2 amide bonds. The van der Waals surface area contributed by atoms with Crippen LogP contribution in [0.3, 0.4) is 0 Å². The standard InChI is InChI=1S/C17H23N3O3/c1-23-15-8-7-12(11-14(15)20-10-4-6-16(20)21)19-17(22)13-5-2-3-9-18-13/h7-8,11,13,18H,2-6,9-10H2,1H3,(H,19,22). The number of methoxy groups -OCH3 is 1. The molecule has 23 heavy (non-hydrogen) atoms. The lowest BCUT2D eigenvalue weighted by molar-refractivity contribution is -0.118. The van der Waals surface area contributed by atoms with Crippen LogP contribution in [0.15, 0.2) is 18.2 Å². The van der Waals surface area contributed by atoms with Crippen molar-refractivity contribution in [2.24, 2.45) is 0 Å². The third-order valence-corrected chi connectivity index (χ3v) is 4.44. The van der Waals surface area contributed by atoms with Crippen molar-refractivity contribution >= 4 is 23.2 Å². The quantitative estimate of drug-likeness (QED) is 0.890. The second-order valence-electron chi connectivity index (χ2n) is 6.03. The van der Waals surface area contributed by atoms with E-state index in [0.717, 1.165) is 37.9 Å². The highest BCUT2D eigenvalue weighted by atomic mass is 16.5. The molecule has 124 valence electrons. The molecule has 0 bridgehead atoms. The third-order valence-electron chi connectivity index (χ3n) is 4.44. The normalized spacial score (nSPS) is 21.3. The van der Waals surface area contributed by atoms with Crippen LogP contribution in [-0.2, 0) is 9.59 Å². The summed E-state index contributed by atoms with van der Waals surface area (Å²) in [6, 6.07) is 5.29. The van der Waals surface area contributed by atoms with Crippen molar-refractivity contribution in [2.75, 3.05) is 30.4 Å². The number of nitrogens with zero attached hydrogens (tertiary/aromatic N) is 1. The summed E-state index contributed by atoms with van der Waals surface area (Å²) in [5.74, 6) is 0.725. The number of piperidine rings is 1. The number of rotatable bonds is 4. The van der Waals surface area contributed by atoms with Crippen molar-refractivity contribution in [2.45, 2.75) is 38.1 Å². The highest BCUT2D eigenvalue weighted by molar-refractivity contribution is 5.99. The van der Waals surface area contributed by atoms with Crippen molar-refractivity contribution in [3.8, 4) is 5.75 Å². The van der Waals surface area contributed by atoms with Crippen molar-refractivity contribution in [1.82, 2.24) is 5.32 Å². The van der Waals surface area contributed by atoms with E-state index in [1.54, 1.807) is 18.1 Å². The van der Waals surface area contributed by atoms with E-state index in [4.69, 9.17) is 4.74 Å². The number of hydrogen-bond acceptors (Lipinski definition) is 4. The number of hydrogen-bond donors (Lipinski definition) is 2. The maximum Gasteiger partial charge on any atom is 0.241 e. The highest BCUT2D eigenvalue weighted by Crippen LogP contribution is 2.34. The van der Waals surface area contributed by atoms with Gasteiger partial charge in [-0.2, -0.15) is 0 Å². The Hall–Kier alpha value is -2.08. The van der Waals surface area contributed by atoms with Crippen LogP contribution in [0.5, 0.6) is 5.75 Å². The Morgan fingerprint density at radius 3 is 2.87 bits per heavy atom. The fraction of sp³-hybridized carbons (Fsp3) is 0.529. The Bertz CT molecular complexity index is 597. The molecule has 6 heteroatoms. The van der Waals surface area contributed by atoms with Crippen LogP contribution in [0.2, 0.25) is 0 Å². The molecule has 2 aliphatic heterocycles. The van der Waals surface area contributed by atoms with Crippen molar-refractivity contribution in [1.29, 1.82) is 0 Å². The maximum absolute atomic E-state index is 12.3. The summed E-state index contributed by atoms with van der Waals surface area (Å²) in [5, 5.41) is 6.18. The molecule has 1 aromatic rings. The van der Waals surface area contributed by atoms with Gasteiger partial charge in [-0.25, -0.2) is 0 Å². The van der Waals surface area contributed by atoms with E-state index in [-0.39, 0.29) is 17.9 Å². The molecule has 1 atom stereocenters. The van der Waals surface area contributed by atoms with E-state index in [2.05, 4.69) is 10.6 Å². The molecule has 0 aromatic heterocycles. The van der Waals surface area contributed by atoms with Crippen LogP contribution in [0.1, 0.15) is 32.1 Å². The fourth-order valence-corrected chi connectivity index (χ4v) is 3.19. The molecular formula is C17H23N3O3. The van der Waals surface area contributed by atoms with Gasteiger partial charge in [0.1, 0.15) is 5.75 Å². The van der Waals surface area contributed by atoms with Crippen molar-refractivity contribution < 1.29 is 14.3 Å². The SMILES string of the molecule is COc1ccc(NC(=O)C2CCCCN2)cc1N1CCCC1=O. The summed E-state index contributed by atoms with van der Waals surface area (Å²) in [6.07, 6.45) is 4.46. The molecule has 2 N–H and O–H groups in total. The van der Waals surface area contributed by atoms with E-state index < -0.39 is 0 Å². The van der Waals surface area contributed by atoms with Crippen LogP contribution in [-0.4, -0.2) is 38.1 Å². The Balaban J connectivity index is 1.77. The molecule has 2 aliphatic rings. The molecule has 0 saturated carbocycles. The summed E-state index contributed by atoms with van der Waals surface area (Å²) >= 11 is 0. The molecule has 0 aliphatic carbocycles. The minimum Gasteiger partial charge on any atom is -0.495 e. The second-order valence-corrected chi connectivity index (χ2v) is 6.03. The number of benzene rings is 1. The zero-order valence-corrected chi connectivity index (χ0v) is 13.4. The number of amides is 2. The van der Waals surface area contributed by atoms with Crippen molar-refractivity contribution in [3.05, 3.63) is 18.2 Å². The predicted octanol–water partition coefficient (Wildman–Crippen LogP) is 1.90. The van der Waals surface area contributed by atoms with Gasteiger partial charge in [-0.15, -0.1) is 0 Å². The fourth-order valence-electron chi connectivity index (χ4n) is 3.19. The predicted molar refractivity (Wildman–Crippen MR) is 88.9 cm³/mol. The first-order chi connectivity index (χ1) is 11.2. The van der Waals surface area contributed by atoms with Crippen molar-refractivity contribution in [3.63, 3.8) is 0 Å². The minimum atomic E-state index is -0.136. The Morgan fingerprint density at radius 1 is 1.35 bits per heavy atom. The van der Waals surface area contributed by atoms with Crippen LogP contribution in [0.4, 0.5) is 11.4 Å². The van der Waals surface area contributed by atoms with Gasteiger partial charge in [0, 0.05) is 18.7 Å². The Morgan fingerprint density at radius 2 is 2.22 bits per heavy atom. The third kappa shape index (κ3) is 3.47. The largest absolute Gasteiger partial charge is 0.495 e. The van der Waals surface area contributed by atoms with E-state index in [1.807, 2.05) is 12.1 Å². The number of ether oxygens (including phenoxy) is 1. The van der Waals surface area contributed by atoms with Crippen LogP contribution in [0.25, 0.3) is 0 Å². The number of nitrogens with one attached hydrogen (secondary N) is 2. The number of anilines is 2. The van der Waals surface area contributed by atoms with Gasteiger partial charge in [-0.05, 0) is 44.0 Å². The van der Waals surface area contributed by atoms with Gasteiger partial charge in [-0.1, -0.05) is 6.42 Å². The van der Waals surface area contributed by atoms with E-state index in [9.17, 15) is 9.59 Å². The molecule has 6 nitrogen and oxygen atoms in total. The zero-order valence-electron chi connectivity index (χ0n) is 13.4. The molecule has 1 aromatic carbocycles. The van der Waals surface area contributed by atoms with Gasteiger partial charge < -0.3 is 20.3 Å². The summed E-state index contributed by atoms with van der Waals surface area (Å²) in [5.41, 5.74) is 1.42. The number of carbonyl (C=O) groups is 2. The Kier molecular flexibility index (Phi) is 4.81. The summed E-state index contributed by atoms with van der Waals surface area (Å²) in [7, 11) is 1.59. The summed E-state index contributed by atoms with van der Waals surface area (Å²) < 4.78 is 5.36. The maximum atomic E-state index is 12.3. The topological polar surface area (TPSA) is 70.7 Å². The Labute approximate surface area is 136 Å². The minimum absolute atomic E-state index is 0.0198. The average molecular weight is 317 g/mol. The van der Waals surface area contributed by atoms with Gasteiger partial charge >= 0.3 is 0 Å². The van der Waals surface area contributed by atoms with E-state index >= 15 is 0 Å². The monoisotopic (exact) mass is 317 g/mol. The highest BCUT2D eigenvalue weighted by Gasteiger charge is 2.25. The summed E-state index contributed by atoms with van der Waals surface area (Å²) in [4.78, 5) is 26.1. The lowest BCUT2D eigenvalue weighted by Crippen LogP contribution is -2.43. The van der Waals surface area contributed by atoms with Gasteiger partial charge in [0.05, 0.1) is 18.8 Å². The first-order valence-electron chi connectivity index (χ1n) is 8.21. The number of carbonyl (C=O) groups excluding carboxylic acids is 2. The van der Waals surface area contributed by atoms with Crippen LogP contribution < -0.4 is 20.3 Å². The lowest BCUT2D eigenvalue weighted by atomic mass is 10.0. The lowest BCUT2D eigenvalue weighted by Gasteiger charge is -2.23.